The number of likely N-dealkylation sites (tertiary alicyclic amines) is 1. The zero-order chi connectivity index (χ0) is 20.9. The van der Waals surface area contributed by atoms with Crippen LogP contribution < -0.4 is 5.32 Å². The fourth-order valence-corrected chi connectivity index (χ4v) is 5.36. The predicted molar refractivity (Wildman–Crippen MR) is 120 cm³/mol. The number of para-hydroxylation sites is 1. The van der Waals surface area contributed by atoms with Gasteiger partial charge in [-0.2, -0.15) is 0 Å². The van der Waals surface area contributed by atoms with E-state index < -0.39 is 0 Å². The number of carbonyl (C=O) groups is 2. The van der Waals surface area contributed by atoms with Crippen molar-refractivity contribution >= 4 is 29.1 Å². The fourth-order valence-electron chi connectivity index (χ4n) is 5.18. The maximum absolute atomic E-state index is 12.8. The second-order valence-corrected chi connectivity index (χ2v) is 9.42. The molecule has 2 amide bonds. The van der Waals surface area contributed by atoms with E-state index in [4.69, 9.17) is 11.6 Å². The summed E-state index contributed by atoms with van der Waals surface area (Å²) in [5.74, 6) is 1.81. The molecule has 2 atom stereocenters. The van der Waals surface area contributed by atoms with Crippen molar-refractivity contribution in [2.75, 3.05) is 57.7 Å². The minimum atomic E-state index is -0.0528. The summed E-state index contributed by atoms with van der Waals surface area (Å²) >= 11 is 6.11. The molecule has 1 N–H and O–H groups in total. The number of fused-ring (bicyclic) bond motifs is 1. The van der Waals surface area contributed by atoms with Crippen molar-refractivity contribution in [2.24, 2.45) is 11.8 Å². The average molecular weight is 433 g/mol. The van der Waals surface area contributed by atoms with Gasteiger partial charge in [0.05, 0.1) is 23.8 Å². The zero-order valence-corrected chi connectivity index (χ0v) is 18.4. The Morgan fingerprint density at radius 1 is 0.900 bits per heavy atom. The first-order chi connectivity index (χ1) is 14.6. The van der Waals surface area contributed by atoms with Crippen LogP contribution in [0, 0.1) is 11.8 Å². The Balaban J connectivity index is 1.18. The molecule has 1 aromatic carbocycles. The maximum atomic E-state index is 12.8. The van der Waals surface area contributed by atoms with Gasteiger partial charge in [0, 0.05) is 39.3 Å². The molecular formula is C23H33ClN4O2. The number of anilines is 1. The molecule has 1 aliphatic carbocycles. The number of hydrogen-bond donors (Lipinski definition) is 1. The zero-order valence-electron chi connectivity index (χ0n) is 17.7. The number of halogens is 1. The lowest BCUT2D eigenvalue weighted by Crippen LogP contribution is -2.53. The summed E-state index contributed by atoms with van der Waals surface area (Å²) in [5.41, 5.74) is 0.648. The molecule has 0 radical (unpaired) electrons. The maximum Gasteiger partial charge on any atom is 0.238 e. The lowest BCUT2D eigenvalue weighted by molar-refractivity contribution is -0.136. The Labute approximate surface area is 184 Å². The summed E-state index contributed by atoms with van der Waals surface area (Å²) in [6.07, 6.45) is 6.54. The lowest BCUT2D eigenvalue weighted by Gasteiger charge is -2.42. The van der Waals surface area contributed by atoms with Crippen LogP contribution in [0.3, 0.4) is 0 Å². The van der Waals surface area contributed by atoms with Crippen LogP contribution in [0.15, 0.2) is 24.3 Å². The Morgan fingerprint density at radius 3 is 2.30 bits per heavy atom. The number of carbonyl (C=O) groups excluding carboxylic acids is 2. The second kappa shape index (κ2) is 10.1. The van der Waals surface area contributed by atoms with Gasteiger partial charge in [-0.25, -0.2) is 0 Å². The number of hydrogen-bond acceptors (Lipinski definition) is 4. The van der Waals surface area contributed by atoms with Crippen LogP contribution in [0.1, 0.15) is 32.1 Å². The lowest BCUT2D eigenvalue weighted by atomic mass is 9.75. The van der Waals surface area contributed by atoms with Crippen molar-refractivity contribution < 1.29 is 9.59 Å². The van der Waals surface area contributed by atoms with E-state index in [0.29, 0.717) is 23.8 Å². The van der Waals surface area contributed by atoms with Crippen LogP contribution in [0.4, 0.5) is 5.69 Å². The van der Waals surface area contributed by atoms with E-state index in [1.165, 1.54) is 32.1 Å². The van der Waals surface area contributed by atoms with Gasteiger partial charge in [-0.15, -0.1) is 0 Å². The van der Waals surface area contributed by atoms with Crippen molar-refractivity contribution in [3.8, 4) is 0 Å². The molecule has 0 aromatic heterocycles. The molecule has 6 nitrogen and oxygen atoms in total. The molecule has 30 heavy (non-hydrogen) atoms. The third-order valence-corrected chi connectivity index (χ3v) is 7.31. The van der Waals surface area contributed by atoms with Gasteiger partial charge in [-0.3, -0.25) is 19.4 Å². The summed E-state index contributed by atoms with van der Waals surface area (Å²) in [6, 6.07) is 7.27. The molecular weight excluding hydrogens is 400 g/mol. The molecule has 0 unspecified atom stereocenters. The van der Waals surface area contributed by atoms with E-state index in [1.807, 2.05) is 12.1 Å². The first kappa shape index (κ1) is 21.6. The van der Waals surface area contributed by atoms with Crippen LogP contribution in [0.25, 0.3) is 0 Å². The molecule has 2 aliphatic heterocycles. The Morgan fingerprint density at radius 2 is 1.57 bits per heavy atom. The van der Waals surface area contributed by atoms with Crippen molar-refractivity contribution in [2.45, 2.75) is 32.1 Å². The van der Waals surface area contributed by atoms with Gasteiger partial charge < -0.3 is 10.2 Å². The molecule has 164 valence electrons. The number of rotatable bonds is 5. The van der Waals surface area contributed by atoms with Crippen molar-refractivity contribution in [1.29, 1.82) is 0 Å². The van der Waals surface area contributed by atoms with E-state index in [-0.39, 0.29) is 11.8 Å². The highest BCUT2D eigenvalue weighted by molar-refractivity contribution is 6.33. The van der Waals surface area contributed by atoms with Gasteiger partial charge in [0.25, 0.3) is 0 Å². The van der Waals surface area contributed by atoms with Crippen LogP contribution >= 0.6 is 11.6 Å². The van der Waals surface area contributed by atoms with Gasteiger partial charge >= 0.3 is 0 Å². The standard InChI is InChI=1S/C23H33ClN4O2/c24-20-7-3-4-8-21(20)25-22(29)16-26-11-13-27(14-12-26)17-23(30)28-10-9-18-5-1-2-6-19(18)15-28/h3-4,7-8,18-19H,1-2,5-6,9-17H2,(H,25,29)/t18-,19+/m1/s1. The predicted octanol–water partition coefficient (Wildman–Crippen LogP) is 2.93. The second-order valence-electron chi connectivity index (χ2n) is 9.01. The molecule has 3 fully saturated rings. The molecule has 0 spiro atoms. The number of piperidine rings is 1. The van der Waals surface area contributed by atoms with E-state index in [0.717, 1.165) is 51.1 Å². The van der Waals surface area contributed by atoms with Gasteiger partial charge in [-0.1, -0.05) is 43.0 Å². The smallest absolute Gasteiger partial charge is 0.238 e. The molecule has 1 aromatic rings. The molecule has 3 aliphatic rings. The van der Waals surface area contributed by atoms with Gasteiger partial charge in [-0.05, 0) is 36.8 Å². The normalized spacial score (nSPS) is 25.6. The minimum Gasteiger partial charge on any atom is -0.341 e. The topological polar surface area (TPSA) is 55.9 Å². The Bertz CT molecular complexity index is 750. The van der Waals surface area contributed by atoms with Crippen molar-refractivity contribution in [1.82, 2.24) is 14.7 Å². The number of nitrogens with zero attached hydrogens (tertiary/aromatic N) is 3. The van der Waals surface area contributed by atoms with Crippen molar-refractivity contribution in [3.05, 3.63) is 29.3 Å². The van der Waals surface area contributed by atoms with Gasteiger partial charge in [0.1, 0.15) is 0 Å². The van der Waals surface area contributed by atoms with E-state index >= 15 is 0 Å². The number of amides is 2. The highest BCUT2D eigenvalue weighted by Crippen LogP contribution is 2.36. The highest BCUT2D eigenvalue weighted by atomic mass is 35.5. The quantitative estimate of drug-likeness (QED) is 0.777. The Kier molecular flexibility index (Phi) is 7.28. The third kappa shape index (κ3) is 5.54. The van der Waals surface area contributed by atoms with Crippen LogP contribution in [0.5, 0.6) is 0 Å². The third-order valence-electron chi connectivity index (χ3n) is 6.98. The molecule has 7 heteroatoms. The highest BCUT2D eigenvalue weighted by Gasteiger charge is 2.33. The Hall–Kier alpha value is -1.63. The first-order valence-corrected chi connectivity index (χ1v) is 11.7. The van der Waals surface area contributed by atoms with Crippen molar-refractivity contribution in [3.63, 3.8) is 0 Å². The minimum absolute atomic E-state index is 0.0528. The first-order valence-electron chi connectivity index (χ1n) is 11.4. The SMILES string of the molecule is O=C(CN1CCN(CC(=O)N2CC[C@H]3CCCC[C@H]3C2)CC1)Nc1ccccc1Cl. The average Bonchev–Trinajstić information content (AvgIpc) is 2.76. The summed E-state index contributed by atoms with van der Waals surface area (Å²) in [7, 11) is 0. The number of nitrogens with one attached hydrogen (secondary N) is 1. The summed E-state index contributed by atoms with van der Waals surface area (Å²) < 4.78 is 0. The molecule has 4 rings (SSSR count). The van der Waals surface area contributed by atoms with E-state index in [2.05, 4.69) is 20.0 Å². The number of benzene rings is 1. The van der Waals surface area contributed by atoms with Crippen LogP contribution in [-0.2, 0) is 9.59 Å². The number of piperazine rings is 1. The van der Waals surface area contributed by atoms with Crippen LogP contribution in [-0.4, -0.2) is 78.9 Å². The largest absolute Gasteiger partial charge is 0.341 e. The van der Waals surface area contributed by atoms with Crippen LogP contribution in [0.2, 0.25) is 5.02 Å². The summed E-state index contributed by atoms with van der Waals surface area (Å²) in [5, 5.41) is 3.43. The van der Waals surface area contributed by atoms with E-state index in [9.17, 15) is 9.59 Å². The molecule has 0 bridgehead atoms. The molecule has 1 saturated carbocycles. The molecule has 2 saturated heterocycles. The van der Waals surface area contributed by atoms with Gasteiger partial charge in [0.15, 0.2) is 0 Å². The fraction of sp³-hybridized carbons (Fsp3) is 0.652. The summed E-state index contributed by atoms with van der Waals surface area (Å²) in [4.78, 5) is 31.6. The monoisotopic (exact) mass is 432 g/mol. The summed E-state index contributed by atoms with van der Waals surface area (Å²) in [6.45, 7) is 6.00. The van der Waals surface area contributed by atoms with E-state index in [1.54, 1.807) is 12.1 Å². The molecule has 2 heterocycles. The van der Waals surface area contributed by atoms with Gasteiger partial charge in [0.2, 0.25) is 11.8 Å².